The Balaban J connectivity index is 1.66. The van der Waals surface area contributed by atoms with Crippen molar-refractivity contribution in [3.05, 3.63) is 22.9 Å². The van der Waals surface area contributed by atoms with Gasteiger partial charge in [0.05, 0.1) is 11.3 Å². The third-order valence-electron chi connectivity index (χ3n) is 4.37. The average Bonchev–Trinajstić information content (AvgIpc) is 3.35. The first-order chi connectivity index (χ1) is 10.7. The van der Waals surface area contributed by atoms with Crippen molar-refractivity contribution in [3.63, 3.8) is 0 Å². The van der Waals surface area contributed by atoms with Gasteiger partial charge < -0.3 is 4.90 Å². The molecule has 0 bridgehead atoms. The minimum Gasteiger partial charge on any atom is -0.345 e. The van der Waals surface area contributed by atoms with Gasteiger partial charge in [-0.1, -0.05) is 11.8 Å². The first-order valence-corrected chi connectivity index (χ1v) is 8.95. The molecule has 1 amide bonds. The lowest BCUT2D eigenvalue weighted by Crippen LogP contribution is -2.30. The van der Waals surface area contributed by atoms with E-state index in [-0.39, 0.29) is 5.91 Å². The van der Waals surface area contributed by atoms with E-state index in [0.29, 0.717) is 17.2 Å². The molecule has 0 N–H and O–H groups in total. The normalized spacial score (nSPS) is 16.7. The molecule has 0 unspecified atom stereocenters. The number of nitriles is 1. The number of amides is 1. The van der Waals surface area contributed by atoms with Crippen molar-refractivity contribution in [2.75, 3.05) is 19.3 Å². The molecule has 0 aliphatic heterocycles. The third-order valence-corrected chi connectivity index (χ3v) is 5.35. The molecule has 0 saturated heterocycles. The average molecular weight is 315 g/mol. The molecule has 4 nitrogen and oxygen atoms in total. The van der Waals surface area contributed by atoms with E-state index in [9.17, 15) is 10.1 Å². The van der Waals surface area contributed by atoms with E-state index in [0.717, 1.165) is 30.1 Å². The molecule has 0 aromatic carbocycles. The van der Waals surface area contributed by atoms with Gasteiger partial charge in [0.2, 0.25) is 5.91 Å². The summed E-state index contributed by atoms with van der Waals surface area (Å²) in [4.78, 5) is 18.6. The van der Waals surface area contributed by atoms with E-state index in [1.165, 1.54) is 43.0 Å². The van der Waals surface area contributed by atoms with Gasteiger partial charge in [-0.25, -0.2) is 4.98 Å². The molecular weight excluding hydrogens is 294 g/mol. The summed E-state index contributed by atoms with van der Waals surface area (Å²) in [6, 6.07) is 4.21. The standard InChI is InChI=1S/C17H21N3OS/c1-20(10-12-6-7-12)16(21)11-22-17-14(9-18)8-13-4-2-3-5-15(13)19-17/h8,12H,2-7,10-11H2,1H3. The minimum absolute atomic E-state index is 0.125. The van der Waals surface area contributed by atoms with E-state index in [1.54, 1.807) is 0 Å². The first-order valence-electron chi connectivity index (χ1n) is 7.97. The largest absolute Gasteiger partial charge is 0.345 e. The molecule has 116 valence electrons. The molecule has 5 heteroatoms. The number of fused-ring (bicyclic) bond motifs is 1. The molecule has 3 rings (SSSR count). The van der Waals surface area contributed by atoms with Crippen LogP contribution in [0.2, 0.25) is 0 Å². The van der Waals surface area contributed by atoms with Gasteiger partial charge in [-0.05, 0) is 56.1 Å². The van der Waals surface area contributed by atoms with Crippen LogP contribution in [0.5, 0.6) is 0 Å². The Hall–Kier alpha value is -1.54. The Labute approximate surface area is 135 Å². The van der Waals surface area contributed by atoms with Gasteiger partial charge in [-0.2, -0.15) is 5.26 Å². The van der Waals surface area contributed by atoms with Crippen LogP contribution in [0, 0.1) is 17.2 Å². The summed E-state index contributed by atoms with van der Waals surface area (Å²) < 4.78 is 0. The highest BCUT2D eigenvalue weighted by molar-refractivity contribution is 7.99. The van der Waals surface area contributed by atoms with Crippen molar-refractivity contribution < 1.29 is 4.79 Å². The second-order valence-corrected chi connectivity index (χ2v) is 7.24. The summed E-state index contributed by atoms with van der Waals surface area (Å²) in [6.45, 7) is 0.863. The molecule has 0 atom stereocenters. The number of nitrogens with zero attached hydrogens (tertiary/aromatic N) is 3. The van der Waals surface area contributed by atoms with E-state index >= 15 is 0 Å². The summed E-state index contributed by atoms with van der Waals surface area (Å²) in [5.74, 6) is 1.19. The van der Waals surface area contributed by atoms with Crippen LogP contribution < -0.4 is 0 Å². The van der Waals surface area contributed by atoms with E-state index in [4.69, 9.17) is 0 Å². The van der Waals surface area contributed by atoms with Gasteiger partial charge in [0.1, 0.15) is 11.1 Å². The fourth-order valence-electron chi connectivity index (χ4n) is 2.83. The predicted octanol–water partition coefficient (Wildman–Crippen LogP) is 2.79. The first kappa shape index (κ1) is 15.4. The number of hydrogen-bond donors (Lipinski definition) is 0. The zero-order valence-electron chi connectivity index (χ0n) is 13.0. The van der Waals surface area contributed by atoms with Crippen LogP contribution in [-0.2, 0) is 17.6 Å². The van der Waals surface area contributed by atoms with E-state index in [1.807, 2.05) is 18.0 Å². The summed E-state index contributed by atoms with van der Waals surface area (Å²) in [5.41, 5.74) is 2.94. The summed E-state index contributed by atoms with van der Waals surface area (Å²) in [5, 5.41) is 10.0. The number of rotatable bonds is 5. The van der Waals surface area contributed by atoms with Crippen molar-refractivity contribution in [2.45, 2.75) is 43.6 Å². The van der Waals surface area contributed by atoms with Crippen LogP contribution in [-0.4, -0.2) is 35.1 Å². The summed E-state index contributed by atoms with van der Waals surface area (Å²) >= 11 is 1.40. The topological polar surface area (TPSA) is 57.0 Å². The lowest BCUT2D eigenvalue weighted by Gasteiger charge is -2.18. The number of aromatic nitrogens is 1. The summed E-state index contributed by atoms with van der Waals surface area (Å²) in [6.07, 6.45) is 6.84. The zero-order chi connectivity index (χ0) is 15.5. The third kappa shape index (κ3) is 3.61. The lowest BCUT2D eigenvalue weighted by molar-refractivity contribution is -0.127. The second-order valence-electron chi connectivity index (χ2n) is 6.27. The van der Waals surface area contributed by atoms with Crippen LogP contribution >= 0.6 is 11.8 Å². The highest BCUT2D eigenvalue weighted by Crippen LogP contribution is 2.30. The van der Waals surface area contributed by atoms with Gasteiger partial charge in [-0.3, -0.25) is 4.79 Å². The van der Waals surface area contributed by atoms with Crippen molar-refractivity contribution in [3.8, 4) is 6.07 Å². The molecule has 0 radical (unpaired) electrons. The molecule has 22 heavy (non-hydrogen) atoms. The molecular formula is C17H21N3OS. The van der Waals surface area contributed by atoms with Crippen molar-refractivity contribution >= 4 is 17.7 Å². The molecule has 1 aromatic rings. The fraction of sp³-hybridized carbons (Fsp3) is 0.588. The number of thioether (sulfide) groups is 1. The lowest BCUT2D eigenvalue weighted by atomic mass is 9.95. The van der Waals surface area contributed by atoms with Gasteiger partial charge in [-0.15, -0.1) is 0 Å². The molecule has 1 heterocycles. The Bertz CT molecular complexity index is 619. The highest BCUT2D eigenvalue weighted by atomic mass is 32.2. The Morgan fingerprint density at radius 2 is 2.23 bits per heavy atom. The maximum atomic E-state index is 12.2. The zero-order valence-corrected chi connectivity index (χ0v) is 13.8. The molecule has 1 fully saturated rings. The monoisotopic (exact) mass is 315 g/mol. The molecule has 1 saturated carbocycles. The maximum Gasteiger partial charge on any atom is 0.232 e. The highest BCUT2D eigenvalue weighted by Gasteiger charge is 2.25. The maximum absolute atomic E-state index is 12.2. The van der Waals surface area contributed by atoms with Crippen LogP contribution in [0.15, 0.2) is 11.1 Å². The minimum atomic E-state index is 0.125. The smallest absolute Gasteiger partial charge is 0.232 e. The molecule has 2 aliphatic carbocycles. The Morgan fingerprint density at radius 1 is 1.45 bits per heavy atom. The van der Waals surface area contributed by atoms with Crippen LogP contribution in [0.3, 0.4) is 0 Å². The number of pyridine rings is 1. The SMILES string of the molecule is CN(CC1CC1)C(=O)CSc1nc2c(cc1C#N)CCCC2. The van der Waals surface area contributed by atoms with Crippen LogP contribution in [0.1, 0.15) is 42.5 Å². The summed E-state index contributed by atoms with van der Waals surface area (Å²) in [7, 11) is 1.87. The van der Waals surface area contributed by atoms with Crippen molar-refractivity contribution in [2.24, 2.45) is 5.92 Å². The molecule has 0 spiro atoms. The Morgan fingerprint density at radius 3 is 2.95 bits per heavy atom. The molecule has 2 aliphatic rings. The number of carbonyl (C=O) groups is 1. The van der Waals surface area contributed by atoms with Gasteiger partial charge >= 0.3 is 0 Å². The predicted molar refractivity (Wildman–Crippen MR) is 86.7 cm³/mol. The quantitative estimate of drug-likeness (QED) is 0.784. The van der Waals surface area contributed by atoms with Gasteiger partial charge in [0, 0.05) is 19.3 Å². The van der Waals surface area contributed by atoms with Gasteiger partial charge in [0.25, 0.3) is 0 Å². The molecule has 1 aromatic heterocycles. The fourth-order valence-corrected chi connectivity index (χ4v) is 3.75. The van der Waals surface area contributed by atoms with Crippen LogP contribution in [0.4, 0.5) is 0 Å². The number of aryl methyl sites for hydroxylation is 2. The van der Waals surface area contributed by atoms with Crippen LogP contribution in [0.25, 0.3) is 0 Å². The van der Waals surface area contributed by atoms with Gasteiger partial charge in [0.15, 0.2) is 0 Å². The van der Waals surface area contributed by atoms with E-state index in [2.05, 4.69) is 11.1 Å². The van der Waals surface area contributed by atoms with Crippen molar-refractivity contribution in [1.29, 1.82) is 5.26 Å². The second kappa shape index (κ2) is 6.70. The van der Waals surface area contributed by atoms with Crippen molar-refractivity contribution in [1.82, 2.24) is 9.88 Å². The Kier molecular flexibility index (Phi) is 4.68. The van der Waals surface area contributed by atoms with E-state index < -0.39 is 0 Å². The number of carbonyl (C=O) groups excluding carboxylic acids is 1. The number of hydrogen-bond acceptors (Lipinski definition) is 4.